The molecule has 0 radical (unpaired) electrons. The zero-order valence-corrected chi connectivity index (χ0v) is 16.5. The Kier molecular flexibility index (Phi) is 8.37. The number of amides is 1. The van der Waals surface area contributed by atoms with Crippen molar-refractivity contribution in [2.45, 2.75) is 26.2 Å². The van der Waals surface area contributed by atoms with Crippen LogP contribution in [0.5, 0.6) is 0 Å². The first-order valence-electron chi connectivity index (χ1n) is 8.66. The molecule has 1 N–H and O–H groups in total. The van der Waals surface area contributed by atoms with Gasteiger partial charge in [-0.25, -0.2) is 4.79 Å². The molecule has 0 saturated carbocycles. The van der Waals surface area contributed by atoms with Crippen LogP contribution in [-0.2, 0) is 20.7 Å². The summed E-state index contributed by atoms with van der Waals surface area (Å²) in [7, 11) is 0. The van der Waals surface area contributed by atoms with Gasteiger partial charge in [0.25, 0.3) is 5.91 Å². The average molecular weight is 406 g/mol. The van der Waals surface area contributed by atoms with Gasteiger partial charge in [0, 0.05) is 21.8 Å². The Hall–Kier alpha value is -2.30. The van der Waals surface area contributed by atoms with Gasteiger partial charge in [0.1, 0.15) is 0 Å². The molecule has 6 heteroatoms. The molecule has 2 aromatic carbocycles. The van der Waals surface area contributed by atoms with E-state index in [1.807, 2.05) is 24.3 Å². The summed E-state index contributed by atoms with van der Waals surface area (Å²) < 4.78 is 4.93. The monoisotopic (exact) mass is 405 g/mol. The van der Waals surface area contributed by atoms with Gasteiger partial charge in [0.05, 0.1) is 0 Å². The Morgan fingerprint density at radius 3 is 2.52 bits per heavy atom. The van der Waals surface area contributed by atoms with Crippen LogP contribution >= 0.6 is 23.2 Å². The van der Waals surface area contributed by atoms with E-state index in [9.17, 15) is 9.59 Å². The van der Waals surface area contributed by atoms with Crippen LogP contribution < -0.4 is 5.32 Å². The first kappa shape index (κ1) is 21.0. The highest BCUT2D eigenvalue weighted by Crippen LogP contribution is 2.22. The van der Waals surface area contributed by atoms with Crippen LogP contribution in [0, 0.1) is 0 Å². The Morgan fingerprint density at radius 1 is 1.11 bits per heavy atom. The summed E-state index contributed by atoms with van der Waals surface area (Å²) in [5.41, 5.74) is 2.53. The highest BCUT2D eigenvalue weighted by Gasteiger charge is 2.06. The number of carbonyl (C=O) groups excluding carboxylic acids is 2. The molecule has 1 amide bonds. The van der Waals surface area contributed by atoms with Crippen molar-refractivity contribution in [2.24, 2.45) is 0 Å². The average Bonchev–Trinajstić information content (AvgIpc) is 2.65. The molecule has 0 atom stereocenters. The smallest absolute Gasteiger partial charge is 0.331 e. The van der Waals surface area contributed by atoms with E-state index in [0.29, 0.717) is 21.3 Å². The quantitative estimate of drug-likeness (QED) is 0.463. The van der Waals surface area contributed by atoms with Gasteiger partial charge in [0.2, 0.25) is 0 Å². The molecule has 0 saturated heterocycles. The van der Waals surface area contributed by atoms with E-state index in [1.165, 1.54) is 17.7 Å². The SMILES string of the molecule is CCCCc1ccc(NC(=O)COC(=O)/C=C/c2ccc(Cl)cc2Cl)cc1. The number of halogens is 2. The van der Waals surface area contributed by atoms with E-state index in [-0.39, 0.29) is 6.61 Å². The third-order valence-electron chi connectivity index (χ3n) is 3.76. The molecule has 0 aromatic heterocycles. The van der Waals surface area contributed by atoms with Crippen molar-refractivity contribution in [3.8, 4) is 0 Å². The summed E-state index contributed by atoms with van der Waals surface area (Å²) >= 11 is 11.8. The van der Waals surface area contributed by atoms with Crippen LogP contribution in [0.3, 0.4) is 0 Å². The van der Waals surface area contributed by atoms with E-state index >= 15 is 0 Å². The van der Waals surface area contributed by atoms with Gasteiger partial charge in [0.15, 0.2) is 6.61 Å². The molecule has 0 aliphatic carbocycles. The summed E-state index contributed by atoms with van der Waals surface area (Å²) in [4.78, 5) is 23.6. The molecule has 4 nitrogen and oxygen atoms in total. The lowest BCUT2D eigenvalue weighted by Crippen LogP contribution is -2.20. The maximum atomic E-state index is 11.9. The molecule has 2 rings (SSSR count). The summed E-state index contributed by atoms with van der Waals surface area (Å²) in [6.07, 6.45) is 6.02. The van der Waals surface area contributed by atoms with Crippen molar-refractivity contribution in [2.75, 3.05) is 11.9 Å². The zero-order valence-electron chi connectivity index (χ0n) is 15.0. The molecule has 0 unspecified atom stereocenters. The van der Waals surface area contributed by atoms with Crippen molar-refractivity contribution in [3.63, 3.8) is 0 Å². The van der Waals surface area contributed by atoms with Crippen LogP contribution in [-0.4, -0.2) is 18.5 Å². The van der Waals surface area contributed by atoms with Crippen molar-refractivity contribution in [1.82, 2.24) is 0 Å². The number of unbranched alkanes of at least 4 members (excludes halogenated alkanes) is 1. The van der Waals surface area contributed by atoms with Gasteiger partial charge < -0.3 is 10.1 Å². The fourth-order valence-corrected chi connectivity index (χ4v) is 2.78. The molecule has 0 fully saturated rings. The molecule has 0 aliphatic heterocycles. The third-order valence-corrected chi connectivity index (χ3v) is 4.33. The van der Waals surface area contributed by atoms with Crippen molar-refractivity contribution in [3.05, 3.63) is 69.7 Å². The first-order chi connectivity index (χ1) is 13.0. The maximum absolute atomic E-state index is 11.9. The second-order valence-electron chi connectivity index (χ2n) is 5.96. The molecule has 0 spiro atoms. The van der Waals surface area contributed by atoms with E-state index < -0.39 is 11.9 Å². The zero-order chi connectivity index (χ0) is 19.6. The topological polar surface area (TPSA) is 55.4 Å². The number of anilines is 1. The van der Waals surface area contributed by atoms with Crippen molar-refractivity contribution in [1.29, 1.82) is 0 Å². The van der Waals surface area contributed by atoms with Crippen molar-refractivity contribution < 1.29 is 14.3 Å². The van der Waals surface area contributed by atoms with E-state index in [2.05, 4.69) is 12.2 Å². The molecule has 0 heterocycles. The van der Waals surface area contributed by atoms with Gasteiger partial charge >= 0.3 is 5.97 Å². The number of aryl methyl sites for hydroxylation is 1. The fraction of sp³-hybridized carbons (Fsp3) is 0.238. The second-order valence-corrected chi connectivity index (χ2v) is 6.80. The summed E-state index contributed by atoms with van der Waals surface area (Å²) in [5.74, 6) is -1.03. The number of ether oxygens (including phenoxy) is 1. The number of rotatable bonds is 8. The van der Waals surface area contributed by atoms with Crippen LogP contribution in [0.25, 0.3) is 6.08 Å². The van der Waals surface area contributed by atoms with Gasteiger partial charge in [-0.3, -0.25) is 4.79 Å². The number of hydrogen-bond donors (Lipinski definition) is 1. The molecular formula is C21H21Cl2NO3. The van der Waals surface area contributed by atoms with Crippen LogP contribution in [0.15, 0.2) is 48.5 Å². The van der Waals surface area contributed by atoms with E-state index in [0.717, 1.165) is 19.3 Å². The molecule has 27 heavy (non-hydrogen) atoms. The summed E-state index contributed by atoms with van der Waals surface area (Å²) in [6, 6.07) is 12.6. The predicted octanol–water partition coefficient (Wildman–Crippen LogP) is 5.53. The van der Waals surface area contributed by atoms with E-state index in [1.54, 1.807) is 18.2 Å². The molecular weight excluding hydrogens is 385 g/mol. The van der Waals surface area contributed by atoms with Gasteiger partial charge in [-0.1, -0.05) is 54.7 Å². The third kappa shape index (κ3) is 7.45. The Labute approximate surface area is 169 Å². The minimum Gasteiger partial charge on any atom is -0.452 e. The maximum Gasteiger partial charge on any atom is 0.331 e. The first-order valence-corrected chi connectivity index (χ1v) is 9.42. The van der Waals surface area contributed by atoms with Crippen molar-refractivity contribution >= 4 is 46.8 Å². The number of carbonyl (C=O) groups is 2. The molecule has 2 aromatic rings. The standard InChI is InChI=1S/C21H21Cl2NO3/c1-2-3-4-15-5-10-18(11-6-15)24-20(25)14-27-21(26)12-8-16-7-9-17(22)13-19(16)23/h5-13H,2-4,14H2,1H3,(H,24,25)/b12-8+. The normalized spacial score (nSPS) is 10.8. The lowest BCUT2D eigenvalue weighted by Gasteiger charge is -2.07. The second kappa shape index (κ2) is 10.8. The minimum atomic E-state index is -0.633. The molecule has 142 valence electrons. The van der Waals surface area contributed by atoms with Gasteiger partial charge in [-0.15, -0.1) is 0 Å². The largest absolute Gasteiger partial charge is 0.452 e. The van der Waals surface area contributed by atoms with Gasteiger partial charge in [-0.2, -0.15) is 0 Å². The van der Waals surface area contributed by atoms with Gasteiger partial charge in [-0.05, 0) is 54.3 Å². The predicted molar refractivity (Wildman–Crippen MR) is 110 cm³/mol. The highest BCUT2D eigenvalue weighted by atomic mass is 35.5. The Balaban J connectivity index is 1.79. The fourth-order valence-electron chi connectivity index (χ4n) is 2.31. The van der Waals surface area contributed by atoms with Crippen LogP contribution in [0.2, 0.25) is 10.0 Å². The number of hydrogen-bond acceptors (Lipinski definition) is 3. The number of nitrogens with one attached hydrogen (secondary N) is 1. The highest BCUT2D eigenvalue weighted by molar-refractivity contribution is 6.35. The summed E-state index contributed by atoms with van der Waals surface area (Å²) in [6.45, 7) is 1.78. The van der Waals surface area contributed by atoms with E-state index in [4.69, 9.17) is 27.9 Å². The summed E-state index contributed by atoms with van der Waals surface area (Å²) in [5, 5.41) is 3.63. The lowest BCUT2D eigenvalue weighted by atomic mass is 10.1. The van der Waals surface area contributed by atoms with Crippen LogP contribution in [0.4, 0.5) is 5.69 Å². The number of esters is 1. The Bertz CT molecular complexity index is 817. The van der Waals surface area contributed by atoms with Crippen LogP contribution in [0.1, 0.15) is 30.9 Å². The number of benzene rings is 2. The minimum absolute atomic E-state index is 0.366. The molecule has 0 aliphatic rings. The molecule has 0 bridgehead atoms. The lowest BCUT2D eigenvalue weighted by molar-refractivity contribution is -0.142. The Morgan fingerprint density at radius 2 is 1.85 bits per heavy atom.